The molecule has 1 nitrogen and oxygen atoms in total. The highest BCUT2D eigenvalue weighted by Crippen LogP contribution is 2.30. The van der Waals surface area contributed by atoms with Gasteiger partial charge in [-0.1, -0.05) is 44.7 Å². The number of alkyl halides is 1. The number of hydrogen-bond donors (Lipinski definition) is 0. The summed E-state index contributed by atoms with van der Waals surface area (Å²) < 4.78 is 6.80. The third-order valence-electron chi connectivity index (χ3n) is 2.69. The number of rotatable bonds is 8. The SMILES string of the molecule is CCCCCCCOc1c(Br)cccc1CCl. The molecule has 0 saturated heterocycles. The topological polar surface area (TPSA) is 9.23 Å². The second kappa shape index (κ2) is 8.82. The summed E-state index contributed by atoms with van der Waals surface area (Å²) in [6, 6.07) is 5.97. The second-order valence-corrected chi connectivity index (χ2v) is 5.25. The Labute approximate surface area is 118 Å². The van der Waals surface area contributed by atoms with Gasteiger partial charge < -0.3 is 4.74 Å². The summed E-state index contributed by atoms with van der Waals surface area (Å²) in [5.41, 5.74) is 1.05. The molecule has 0 aliphatic heterocycles. The van der Waals surface area contributed by atoms with Gasteiger partial charge in [0.1, 0.15) is 5.75 Å². The summed E-state index contributed by atoms with van der Waals surface area (Å²) in [6.45, 7) is 3.00. The lowest BCUT2D eigenvalue weighted by Gasteiger charge is -2.11. The lowest BCUT2D eigenvalue weighted by atomic mass is 10.2. The molecule has 0 heterocycles. The molecule has 0 aliphatic carbocycles. The fraction of sp³-hybridized carbons (Fsp3) is 0.571. The zero-order valence-electron chi connectivity index (χ0n) is 10.3. The molecule has 1 rings (SSSR count). The molecule has 0 amide bonds. The minimum absolute atomic E-state index is 0.491. The van der Waals surface area contributed by atoms with Crippen LogP contribution in [0.5, 0.6) is 5.75 Å². The molecule has 96 valence electrons. The first-order chi connectivity index (χ1) is 8.29. The van der Waals surface area contributed by atoms with Gasteiger partial charge >= 0.3 is 0 Å². The summed E-state index contributed by atoms with van der Waals surface area (Å²) in [5.74, 6) is 1.39. The fourth-order valence-corrected chi connectivity index (χ4v) is 2.43. The maximum atomic E-state index is 5.88. The Balaban J connectivity index is 2.35. The lowest BCUT2D eigenvalue weighted by Crippen LogP contribution is -2.00. The van der Waals surface area contributed by atoms with Gasteiger partial charge in [-0.3, -0.25) is 0 Å². The predicted molar refractivity (Wildman–Crippen MR) is 78.0 cm³/mol. The van der Waals surface area contributed by atoms with Gasteiger partial charge in [0.2, 0.25) is 0 Å². The van der Waals surface area contributed by atoms with E-state index in [-0.39, 0.29) is 0 Å². The van der Waals surface area contributed by atoms with Gasteiger partial charge in [-0.2, -0.15) is 0 Å². The van der Waals surface area contributed by atoms with E-state index in [4.69, 9.17) is 16.3 Å². The first-order valence-electron chi connectivity index (χ1n) is 6.25. The Morgan fingerprint density at radius 2 is 1.94 bits per heavy atom. The summed E-state index contributed by atoms with van der Waals surface area (Å²) in [7, 11) is 0. The van der Waals surface area contributed by atoms with Gasteiger partial charge in [0.25, 0.3) is 0 Å². The van der Waals surface area contributed by atoms with Crippen molar-refractivity contribution in [3.8, 4) is 5.75 Å². The van der Waals surface area contributed by atoms with Gasteiger partial charge in [-0.25, -0.2) is 0 Å². The van der Waals surface area contributed by atoms with Crippen molar-refractivity contribution in [2.45, 2.75) is 44.9 Å². The van der Waals surface area contributed by atoms with Crippen molar-refractivity contribution in [1.29, 1.82) is 0 Å². The van der Waals surface area contributed by atoms with E-state index < -0.39 is 0 Å². The lowest BCUT2D eigenvalue weighted by molar-refractivity contribution is 0.300. The molecule has 0 fully saturated rings. The first kappa shape index (κ1) is 14.8. The number of benzene rings is 1. The van der Waals surface area contributed by atoms with E-state index in [0.717, 1.165) is 28.8 Å². The predicted octanol–water partition coefficient (Wildman–Crippen LogP) is 5.54. The van der Waals surface area contributed by atoms with Crippen molar-refractivity contribution in [2.24, 2.45) is 0 Å². The van der Waals surface area contributed by atoms with Crippen molar-refractivity contribution in [2.75, 3.05) is 6.61 Å². The van der Waals surface area contributed by atoms with Gasteiger partial charge in [-0.05, 0) is 28.4 Å². The molecule has 0 aromatic heterocycles. The smallest absolute Gasteiger partial charge is 0.137 e. The summed E-state index contributed by atoms with van der Waals surface area (Å²) in [5, 5.41) is 0. The van der Waals surface area contributed by atoms with E-state index >= 15 is 0 Å². The van der Waals surface area contributed by atoms with Crippen LogP contribution < -0.4 is 4.74 Å². The number of halogens is 2. The maximum Gasteiger partial charge on any atom is 0.137 e. The minimum Gasteiger partial charge on any atom is -0.492 e. The molecule has 0 bridgehead atoms. The number of unbranched alkanes of at least 4 members (excludes halogenated alkanes) is 4. The van der Waals surface area contributed by atoms with Crippen molar-refractivity contribution >= 4 is 27.5 Å². The highest BCUT2D eigenvalue weighted by atomic mass is 79.9. The average molecular weight is 320 g/mol. The standard InChI is InChI=1S/C14H20BrClO/c1-2-3-4-5-6-10-17-14-12(11-16)8-7-9-13(14)15/h7-9H,2-6,10-11H2,1H3. The zero-order valence-corrected chi connectivity index (χ0v) is 12.7. The number of para-hydroxylation sites is 1. The molecule has 0 radical (unpaired) electrons. The second-order valence-electron chi connectivity index (χ2n) is 4.12. The van der Waals surface area contributed by atoms with Crippen LogP contribution in [-0.4, -0.2) is 6.61 Å². The van der Waals surface area contributed by atoms with Crippen molar-refractivity contribution < 1.29 is 4.74 Å². The van der Waals surface area contributed by atoms with Crippen LogP contribution in [0.25, 0.3) is 0 Å². The van der Waals surface area contributed by atoms with Crippen LogP contribution in [-0.2, 0) is 5.88 Å². The largest absolute Gasteiger partial charge is 0.492 e. The van der Waals surface area contributed by atoms with Crippen molar-refractivity contribution in [3.05, 3.63) is 28.2 Å². The molecular formula is C14H20BrClO. The van der Waals surface area contributed by atoms with E-state index in [2.05, 4.69) is 22.9 Å². The van der Waals surface area contributed by atoms with E-state index in [1.165, 1.54) is 25.7 Å². The van der Waals surface area contributed by atoms with Crippen LogP contribution in [0.1, 0.15) is 44.6 Å². The molecule has 17 heavy (non-hydrogen) atoms. The van der Waals surface area contributed by atoms with Crippen molar-refractivity contribution in [3.63, 3.8) is 0 Å². The Bertz CT molecular complexity index is 328. The van der Waals surface area contributed by atoms with E-state index in [0.29, 0.717) is 5.88 Å². The summed E-state index contributed by atoms with van der Waals surface area (Å²) in [6.07, 6.45) is 6.26. The Hall–Kier alpha value is -0.210. The monoisotopic (exact) mass is 318 g/mol. The molecule has 0 aliphatic rings. The molecule has 1 aromatic carbocycles. The zero-order chi connectivity index (χ0) is 12.5. The van der Waals surface area contributed by atoms with Crippen molar-refractivity contribution in [1.82, 2.24) is 0 Å². The van der Waals surface area contributed by atoms with Crippen LogP contribution in [0.3, 0.4) is 0 Å². The first-order valence-corrected chi connectivity index (χ1v) is 7.58. The maximum absolute atomic E-state index is 5.88. The van der Waals surface area contributed by atoms with Gasteiger partial charge in [0.15, 0.2) is 0 Å². The highest BCUT2D eigenvalue weighted by molar-refractivity contribution is 9.10. The molecule has 0 N–H and O–H groups in total. The van der Waals surface area contributed by atoms with Crippen LogP contribution in [0.15, 0.2) is 22.7 Å². The van der Waals surface area contributed by atoms with E-state index in [9.17, 15) is 0 Å². The quantitative estimate of drug-likeness (QED) is 0.452. The Kier molecular flexibility index (Phi) is 7.70. The molecule has 0 atom stereocenters. The Morgan fingerprint density at radius 1 is 1.18 bits per heavy atom. The van der Waals surface area contributed by atoms with Crippen LogP contribution >= 0.6 is 27.5 Å². The molecule has 0 spiro atoms. The third kappa shape index (κ3) is 5.31. The highest BCUT2D eigenvalue weighted by Gasteiger charge is 2.06. The molecular weight excluding hydrogens is 300 g/mol. The third-order valence-corrected chi connectivity index (χ3v) is 3.60. The summed E-state index contributed by atoms with van der Waals surface area (Å²) >= 11 is 9.38. The average Bonchev–Trinajstić information content (AvgIpc) is 2.35. The number of ether oxygens (including phenoxy) is 1. The van der Waals surface area contributed by atoms with E-state index in [1.54, 1.807) is 0 Å². The van der Waals surface area contributed by atoms with Gasteiger partial charge in [0.05, 0.1) is 17.0 Å². The van der Waals surface area contributed by atoms with Gasteiger partial charge in [-0.15, -0.1) is 11.6 Å². The number of hydrogen-bond acceptors (Lipinski definition) is 1. The minimum atomic E-state index is 0.491. The van der Waals surface area contributed by atoms with Gasteiger partial charge in [0, 0.05) is 5.56 Å². The van der Waals surface area contributed by atoms with E-state index in [1.807, 2.05) is 18.2 Å². The molecule has 0 saturated carbocycles. The normalized spacial score (nSPS) is 10.5. The molecule has 1 aromatic rings. The molecule has 3 heteroatoms. The fourth-order valence-electron chi connectivity index (χ4n) is 1.70. The van der Waals surface area contributed by atoms with Crippen LogP contribution in [0.4, 0.5) is 0 Å². The molecule has 0 unspecified atom stereocenters. The van der Waals surface area contributed by atoms with Crippen LogP contribution in [0, 0.1) is 0 Å². The summed E-state index contributed by atoms with van der Waals surface area (Å²) in [4.78, 5) is 0. The van der Waals surface area contributed by atoms with Crippen LogP contribution in [0.2, 0.25) is 0 Å². The Morgan fingerprint density at radius 3 is 2.65 bits per heavy atom.